The highest BCUT2D eigenvalue weighted by Gasteiger charge is 2.23. The summed E-state index contributed by atoms with van der Waals surface area (Å²) in [5.74, 6) is -0.630. The third-order valence-corrected chi connectivity index (χ3v) is 5.10. The van der Waals surface area contributed by atoms with E-state index in [0.29, 0.717) is 37.3 Å². The Balaban J connectivity index is 1.49. The highest BCUT2D eigenvalue weighted by Crippen LogP contribution is 2.15. The Hall–Kier alpha value is -2.25. The fraction of sp³-hybridized carbons (Fsp3) is 0.300. The molecule has 7 heteroatoms. The van der Waals surface area contributed by atoms with Crippen LogP contribution in [0.25, 0.3) is 0 Å². The van der Waals surface area contributed by atoms with Crippen LogP contribution < -0.4 is 5.32 Å². The maximum Gasteiger partial charge on any atom is 0.254 e. The van der Waals surface area contributed by atoms with Crippen LogP contribution in [0.15, 0.2) is 46.9 Å². The van der Waals surface area contributed by atoms with Crippen molar-refractivity contribution in [2.45, 2.75) is 6.92 Å². The number of halogens is 2. The summed E-state index contributed by atoms with van der Waals surface area (Å²) in [5, 5.41) is 2.86. The lowest BCUT2D eigenvalue weighted by Gasteiger charge is -2.34. The molecule has 1 fully saturated rings. The van der Waals surface area contributed by atoms with E-state index in [-0.39, 0.29) is 24.2 Å². The number of amides is 2. The van der Waals surface area contributed by atoms with Crippen LogP contribution in [-0.2, 0) is 4.79 Å². The van der Waals surface area contributed by atoms with E-state index in [2.05, 4.69) is 21.2 Å². The minimum absolute atomic E-state index is 0.0855. The van der Waals surface area contributed by atoms with Crippen LogP contribution in [0, 0.1) is 12.7 Å². The van der Waals surface area contributed by atoms with Crippen molar-refractivity contribution in [2.24, 2.45) is 0 Å². The summed E-state index contributed by atoms with van der Waals surface area (Å²) in [7, 11) is 0. The normalized spacial score (nSPS) is 14.9. The molecule has 0 radical (unpaired) electrons. The molecule has 2 aromatic rings. The van der Waals surface area contributed by atoms with E-state index in [1.165, 1.54) is 6.07 Å². The van der Waals surface area contributed by atoms with E-state index < -0.39 is 0 Å². The van der Waals surface area contributed by atoms with Gasteiger partial charge in [-0.3, -0.25) is 14.5 Å². The fourth-order valence-electron chi connectivity index (χ4n) is 2.95. The Bertz CT molecular complexity index is 834. The molecule has 1 saturated heterocycles. The molecule has 2 aromatic carbocycles. The number of benzene rings is 2. The van der Waals surface area contributed by atoms with Gasteiger partial charge in [0.15, 0.2) is 0 Å². The number of hydrogen-bond donors (Lipinski definition) is 1. The van der Waals surface area contributed by atoms with Crippen molar-refractivity contribution in [2.75, 3.05) is 38.0 Å². The molecule has 1 heterocycles. The van der Waals surface area contributed by atoms with Gasteiger partial charge in [-0.25, -0.2) is 4.39 Å². The minimum Gasteiger partial charge on any atom is -0.336 e. The van der Waals surface area contributed by atoms with Gasteiger partial charge >= 0.3 is 0 Å². The molecule has 5 nitrogen and oxygen atoms in total. The van der Waals surface area contributed by atoms with Crippen LogP contribution in [0.2, 0.25) is 0 Å². The molecule has 142 valence electrons. The quantitative estimate of drug-likeness (QED) is 0.804. The molecule has 0 aromatic heterocycles. The van der Waals surface area contributed by atoms with Gasteiger partial charge in [-0.2, -0.15) is 0 Å². The summed E-state index contributed by atoms with van der Waals surface area (Å²) < 4.78 is 14.6. The molecule has 0 spiro atoms. The minimum atomic E-state index is -0.371. The first-order valence-corrected chi connectivity index (χ1v) is 9.55. The van der Waals surface area contributed by atoms with E-state index in [0.717, 1.165) is 10.2 Å². The number of anilines is 1. The molecule has 0 atom stereocenters. The zero-order chi connectivity index (χ0) is 19.4. The molecule has 1 aliphatic rings. The van der Waals surface area contributed by atoms with E-state index in [1.54, 1.807) is 24.0 Å². The molecule has 1 N–H and O–H groups in total. The number of hydrogen-bond acceptors (Lipinski definition) is 3. The van der Waals surface area contributed by atoms with Gasteiger partial charge in [-0.1, -0.05) is 22.0 Å². The summed E-state index contributed by atoms with van der Waals surface area (Å²) in [6, 6.07) is 12.0. The molecule has 0 saturated carbocycles. The third kappa shape index (κ3) is 5.14. The largest absolute Gasteiger partial charge is 0.336 e. The predicted molar refractivity (Wildman–Crippen MR) is 106 cm³/mol. The van der Waals surface area contributed by atoms with Crippen LogP contribution in [0.5, 0.6) is 0 Å². The number of piperazine rings is 1. The lowest BCUT2D eigenvalue weighted by atomic mass is 10.1. The Morgan fingerprint density at radius 1 is 1.07 bits per heavy atom. The summed E-state index contributed by atoms with van der Waals surface area (Å²) in [6.07, 6.45) is 0. The van der Waals surface area contributed by atoms with Crippen LogP contribution >= 0.6 is 15.9 Å². The molecule has 0 bridgehead atoms. The monoisotopic (exact) mass is 433 g/mol. The van der Waals surface area contributed by atoms with Crippen molar-refractivity contribution in [1.29, 1.82) is 0 Å². The van der Waals surface area contributed by atoms with Crippen molar-refractivity contribution in [1.82, 2.24) is 9.80 Å². The molecule has 1 aliphatic heterocycles. The van der Waals surface area contributed by atoms with Crippen molar-refractivity contribution < 1.29 is 14.0 Å². The molecule has 3 rings (SSSR count). The second kappa shape index (κ2) is 8.63. The number of aryl methyl sites for hydroxylation is 1. The van der Waals surface area contributed by atoms with Gasteiger partial charge in [0.1, 0.15) is 5.82 Å². The SMILES string of the molecule is Cc1ccc(C(=O)N2CCN(CC(=O)Nc3ccc(Br)cc3)CC2)cc1F. The van der Waals surface area contributed by atoms with Gasteiger partial charge in [0.05, 0.1) is 6.54 Å². The van der Waals surface area contributed by atoms with E-state index in [9.17, 15) is 14.0 Å². The number of nitrogens with zero attached hydrogens (tertiary/aromatic N) is 2. The van der Waals surface area contributed by atoms with Gasteiger partial charge in [0.2, 0.25) is 5.91 Å². The van der Waals surface area contributed by atoms with Gasteiger partial charge in [0, 0.05) is 41.9 Å². The smallest absolute Gasteiger partial charge is 0.254 e. The number of nitrogens with one attached hydrogen (secondary N) is 1. The summed E-state index contributed by atoms with van der Waals surface area (Å²) in [4.78, 5) is 28.4. The highest BCUT2D eigenvalue weighted by molar-refractivity contribution is 9.10. The second-order valence-corrected chi connectivity index (χ2v) is 7.50. The summed E-state index contributed by atoms with van der Waals surface area (Å²) in [5.41, 5.74) is 1.63. The number of carbonyl (C=O) groups excluding carboxylic acids is 2. The summed E-state index contributed by atoms with van der Waals surface area (Å²) >= 11 is 3.36. The maximum atomic E-state index is 13.7. The molecule has 0 aliphatic carbocycles. The predicted octanol–water partition coefficient (Wildman–Crippen LogP) is 3.29. The first-order chi connectivity index (χ1) is 12.9. The molecular formula is C20H21BrFN3O2. The van der Waals surface area contributed by atoms with E-state index >= 15 is 0 Å². The van der Waals surface area contributed by atoms with Gasteiger partial charge in [-0.15, -0.1) is 0 Å². The van der Waals surface area contributed by atoms with Gasteiger partial charge < -0.3 is 10.2 Å². The maximum absolute atomic E-state index is 13.7. The first kappa shape index (κ1) is 19.5. The zero-order valence-corrected chi connectivity index (χ0v) is 16.6. The standard InChI is InChI=1S/C20H21BrFN3O2/c1-14-2-3-15(12-18(14)22)20(27)25-10-8-24(9-11-25)13-19(26)23-17-6-4-16(21)5-7-17/h2-7,12H,8-11,13H2,1H3,(H,23,26). The Kier molecular flexibility index (Phi) is 6.23. The second-order valence-electron chi connectivity index (χ2n) is 6.59. The van der Waals surface area contributed by atoms with Crippen molar-refractivity contribution in [3.05, 3.63) is 63.9 Å². The number of carbonyl (C=O) groups is 2. The average Bonchev–Trinajstić information content (AvgIpc) is 2.66. The van der Waals surface area contributed by atoms with Crippen LogP contribution in [-0.4, -0.2) is 54.3 Å². The Morgan fingerprint density at radius 3 is 2.37 bits per heavy atom. The third-order valence-electron chi connectivity index (χ3n) is 4.57. The Labute approximate surface area is 166 Å². The molecule has 27 heavy (non-hydrogen) atoms. The van der Waals surface area contributed by atoms with Gasteiger partial charge in [-0.05, 0) is 48.9 Å². The van der Waals surface area contributed by atoms with Crippen molar-refractivity contribution >= 4 is 33.4 Å². The van der Waals surface area contributed by atoms with Crippen molar-refractivity contribution in [3.63, 3.8) is 0 Å². The lowest BCUT2D eigenvalue weighted by Crippen LogP contribution is -2.50. The van der Waals surface area contributed by atoms with Crippen LogP contribution in [0.1, 0.15) is 15.9 Å². The first-order valence-electron chi connectivity index (χ1n) is 8.75. The molecular weight excluding hydrogens is 413 g/mol. The summed E-state index contributed by atoms with van der Waals surface area (Å²) in [6.45, 7) is 4.18. The van der Waals surface area contributed by atoms with Crippen LogP contribution in [0.3, 0.4) is 0 Å². The number of rotatable bonds is 4. The van der Waals surface area contributed by atoms with Gasteiger partial charge in [0.25, 0.3) is 5.91 Å². The molecule has 2 amide bonds. The average molecular weight is 434 g/mol. The van der Waals surface area contributed by atoms with Crippen molar-refractivity contribution in [3.8, 4) is 0 Å². The van der Waals surface area contributed by atoms with Crippen LogP contribution in [0.4, 0.5) is 10.1 Å². The van der Waals surface area contributed by atoms with E-state index in [4.69, 9.17) is 0 Å². The fourth-order valence-corrected chi connectivity index (χ4v) is 3.22. The zero-order valence-electron chi connectivity index (χ0n) is 15.0. The highest BCUT2D eigenvalue weighted by atomic mass is 79.9. The van der Waals surface area contributed by atoms with E-state index in [1.807, 2.05) is 29.2 Å². The lowest BCUT2D eigenvalue weighted by molar-refractivity contribution is -0.117. The molecule has 0 unspecified atom stereocenters. The topological polar surface area (TPSA) is 52.7 Å². The Morgan fingerprint density at radius 2 is 1.74 bits per heavy atom.